The molecular weight excluding hydrogens is 304 g/mol. The van der Waals surface area contributed by atoms with E-state index >= 15 is 0 Å². The summed E-state index contributed by atoms with van der Waals surface area (Å²) in [7, 11) is 0. The maximum Gasteiger partial charge on any atom is 0.226 e. The first-order valence-corrected chi connectivity index (χ1v) is 8.51. The van der Waals surface area contributed by atoms with Crippen molar-refractivity contribution in [2.45, 2.75) is 26.2 Å². The van der Waals surface area contributed by atoms with E-state index in [0.29, 0.717) is 0 Å². The highest BCUT2D eigenvalue weighted by Crippen LogP contribution is 2.48. The lowest BCUT2D eigenvalue weighted by Crippen LogP contribution is -2.49. The molecule has 3 heterocycles. The molecule has 0 radical (unpaired) electrons. The number of carbonyl (C=O) groups excluding carboxylic acids is 1. The Kier molecular flexibility index (Phi) is 3.75. The van der Waals surface area contributed by atoms with Gasteiger partial charge in [-0.05, 0) is 32.4 Å². The van der Waals surface area contributed by atoms with Gasteiger partial charge in [0.1, 0.15) is 17.4 Å². The first-order valence-electron chi connectivity index (χ1n) is 8.51. The van der Waals surface area contributed by atoms with Gasteiger partial charge in [0.05, 0.1) is 6.26 Å². The lowest BCUT2D eigenvalue weighted by molar-refractivity contribution is -0.133. The van der Waals surface area contributed by atoms with E-state index < -0.39 is 0 Å². The fourth-order valence-corrected chi connectivity index (χ4v) is 3.53. The summed E-state index contributed by atoms with van der Waals surface area (Å²) in [5.74, 6) is 3.35. The van der Waals surface area contributed by atoms with E-state index in [9.17, 15) is 4.79 Å². The Hall–Kier alpha value is -2.37. The van der Waals surface area contributed by atoms with Crippen LogP contribution in [0.5, 0.6) is 0 Å². The summed E-state index contributed by atoms with van der Waals surface area (Å²) in [5.41, 5.74) is 0.982. The maximum atomic E-state index is 12.7. The fourth-order valence-electron chi connectivity index (χ4n) is 3.53. The fraction of sp³-hybridized carbons (Fsp3) is 0.500. The third kappa shape index (κ3) is 2.88. The molecule has 2 atom stereocenters. The first kappa shape index (κ1) is 15.2. The summed E-state index contributed by atoms with van der Waals surface area (Å²) in [6.45, 7) is 7.04. The molecule has 0 aromatic carbocycles. The lowest BCUT2D eigenvalue weighted by Gasteiger charge is -2.35. The number of furan rings is 1. The van der Waals surface area contributed by atoms with Crippen LogP contribution >= 0.6 is 0 Å². The van der Waals surface area contributed by atoms with Gasteiger partial charge in [0, 0.05) is 49.8 Å². The van der Waals surface area contributed by atoms with Gasteiger partial charge >= 0.3 is 0 Å². The highest BCUT2D eigenvalue weighted by molar-refractivity contribution is 5.83. The topological polar surface area (TPSA) is 62.5 Å². The number of aryl methyl sites for hydroxylation is 2. The molecule has 24 heavy (non-hydrogen) atoms. The van der Waals surface area contributed by atoms with E-state index in [2.05, 4.69) is 14.9 Å². The van der Waals surface area contributed by atoms with Gasteiger partial charge in [-0.15, -0.1) is 0 Å². The van der Waals surface area contributed by atoms with Crippen molar-refractivity contribution in [1.29, 1.82) is 0 Å². The van der Waals surface area contributed by atoms with Gasteiger partial charge in [-0.25, -0.2) is 9.97 Å². The quantitative estimate of drug-likeness (QED) is 0.865. The molecule has 126 valence electrons. The van der Waals surface area contributed by atoms with Crippen molar-refractivity contribution in [2.24, 2.45) is 5.92 Å². The molecule has 0 N–H and O–H groups in total. The molecule has 1 amide bonds. The molecular formula is C18H22N4O2. The molecule has 6 heteroatoms. The molecule has 1 saturated heterocycles. The zero-order valence-corrected chi connectivity index (χ0v) is 14.1. The number of nitrogens with zero attached hydrogens (tertiary/aromatic N) is 4. The summed E-state index contributed by atoms with van der Waals surface area (Å²) in [5, 5.41) is 0. The largest absolute Gasteiger partial charge is 0.469 e. The zero-order valence-electron chi connectivity index (χ0n) is 14.1. The van der Waals surface area contributed by atoms with Crippen molar-refractivity contribution in [2.75, 3.05) is 31.1 Å². The summed E-state index contributed by atoms with van der Waals surface area (Å²) >= 11 is 0. The summed E-state index contributed by atoms with van der Waals surface area (Å²) in [4.78, 5) is 25.7. The second-order valence-corrected chi connectivity index (χ2v) is 6.69. The van der Waals surface area contributed by atoms with Crippen molar-refractivity contribution >= 4 is 11.7 Å². The molecule has 2 aliphatic rings. The number of anilines is 1. The first-order chi connectivity index (χ1) is 11.6. The summed E-state index contributed by atoms with van der Waals surface area (Å²) in [6.07, 6.45) is 2.59. The molecule has 2 aromatic heterocycles. The Balaban J connectivity index is 1.35. The standard InChI is InChI=1S/C18H22N4O2/c1-12-10-17(20-13(2)19-12)21-5-7-22(8-6-21)18(23)15-11-14(15)16-4-3-9-24-16/h3-4,9-10,14-15H,5-8,11H2,1-2H3. The van der Waals surface area contributed by atoms with Gasteiger partial charge in [-0.3, -0.25) is 4.79 Å². The van der Waals surface area contributed by atoms with Crippen LogP contribution in [-0.2, 0) is 4.79 Å². The maximum absolute atomic E-state index is 12.7. The Morgan fingerprint density at radius 2 is 2.00 bits per heavy atom. The minimum atomic E-state index is 0.103. The van der Waals surface area contributed by atoms with Gasteiger partial charge in [0.25, 0.3) is 0 Å². The second kappa shape index (κ2) is 5.92. The Morgan fingerprint density at radius 1 is 1.21 bits per heavy atom. The average molecular weight is 326 g/mol. The number of hydrogen-bond donors (Lipinski definition) is 0. The van der Waals surface area contributed by atoms with Gasteiger partial charge in [0.2, 0.25) is 5.91 Å². The number of hydrogen-bond acceptors (Lipinski definition) is 5. The third-order valence-electron chi connectivity index (χ3n) is 4.88. The average Bonchev–Trinajstić information content (AvgIpc) is 3.18. The van der Waals surface area contributed by atoms with E-state index in [1.54, 1.807) is 6.26 Å². The van der Waals surface area contributed by atoms with Crippen LogP contribution in [0.25, 0.3) is 0 Å². The number of piperazine rings is 1. The minimum absolute atomic E-state index is 0.103. The van der Waals surface area contributed by atoms with Gasteiger partial charge in [-0.1, -0.05) is 0 Å². The Bertz CT molecular complexity index is 715. The van der Waals surface area contributed by atoms with Crippen molar-refractivity contribution in [1.82, 2.24) is 14.9 Å². The van der Waals surface area contributed by atoms with Gasteiger partial charge in [-0.2, -0.15) is 0 Å². The number of amides is 1. The van der Waals surface area contributed by atoms with Crippen molar-refractivity contribution in [3.05, 3.63) is 41.7 Å². The zero-order chi connectivity index (χ0) is 16.7. The lowest BCUT2D eigenvalue weighted by atomic mass is 10.2. The normalized spacial score (nSPS) is 23.4. The Morgan fingerprint density at radius 3 is 2.67 bits per heavy atom. The summed E-state index contributed by atoms with van der Waals surface area (Å²) in [6, 6.07) is 5.87. The van der Waals surface area contributed by atoms with Crippen LogP contribution in [-0.4, -0.2) is 47.0 Å². The minimum Gasteiger partial charge on any atom is -0.469 e. The molecule has 0 bridgehead atoms. The van der Waals surface area contributed by atoms with E-state index in [-0.39, 0.29) is 17.7 Å². The Labute approximate surface area is 141 Å². The SMILES string of the molecule is Cc1cc(N2CCN(C(=O)C3CC3c3ccco3)CC2)nc(C)n1. The van der Waals surface area contributed by atoms with Gasteiger partial charge < -0.3 is 14.2 Å². The van der Waals surface area contributed by atoms with Crippen LogP contribution in [0, 0.1) is 19.8 Å². The van der Waals surface area contributed by atoms with Crippen molar-refractivity contribution < 1.29 is 9.21 Å². The monoisotopic (exact) mass is 326 g/mol. The molecule has 1 saturated carbocycles. The highest BCUT2D eigenvalue weighted by atomic mass is 16.3. The predicted octanol–water partition coefficient (Wildman–Crippen LogP) is 2.14. The van der Waals surface area contributed by atoms with Crippen LogP contribution in [0.3, 0.4) is 0 Å². The molecule has 2 unspecified atom stereocenters. The molecule has 2 aromatic rings. The molecule has 6 nitrogen and oxygen atoms in total. The van der Waals surface area contributed by atoms with Crippen LogP contribution in [0.15, 0.2) is 28.9 Å². The third-order valence-corrected chi connectivity index (χ3v) is 4.88. The number of aromatic nitrogens is 2. The van der Waals surface area contributed by atoms with Crippen LogP contribution in [0.2, 0.25) is 0 Å². The molecule has 0 spiro atoms. The smallest absolute Gasteiger partial charge is 0.226 e. The number of carbonyl (C=O) groups is 1. The van der Waals surface area contributed by atoms with Crippen LogP contribution < -0.4 is 4.90 Å². The van der Waals surface area contributed by atoms with Gasteiger partial charge in [0.15, 0.2) is 0 Å². The highest BCUT2D eigenvalue weighted by Gasteiger charge is 2.47. The summed E-state index contributed by atoms with van der Waals surface area (Å²) < 4.78 is 5.43. The van der Waals surface area contributed by atoms with E-state index in [1.165, 1.54) is 0 Å². The number of rotatable bonds is 3. The van der Waals surface area contributed by atoms with E-state index in [0.717, 1.165) is 55.7 Å². The van der Waals surface area contributed by atoms with Crippen LogP contribution in [0.4, 0.5) is 5.82 Å². The van der Waals surface area contributed by atoms with Crippen molar-refractivity contribution in [3.63, 3.8) is 0 Å². The van der Waals surface area contributed by atoms with Crippen molar-refractivity contribution in [3.8, 4) is 0 Å². The molecule has 1 aliphatic heterocycles. The molecule has 4 rings (SSSR count). The second-order valence-electron chi connectivity index (χ2n) is 6.69. The van der Waals surface area contributed by atoms with E-state index in [1.807, 2.05) is 36.9 Å². The van der Waals surface area contributed by atoms with Crippen LogP contribution in [0.1, 0.15) is 29.6 Å². The molecule has 2 fully saturated rings. The predicted molar refractivity (Wildman–Crippen MR) is 89.9 cm³/mol. The van der Waals surface area contributed by atoms with E-state index in [4.69, 9.17) is 4.42 Å². The molecule has 1 aliphatic carbocycles.